The lowest BCUT2D eigenvalue weighted by Crippen LogP contribution is -2.42. The van der Waals surface area contributed by atoms with Crippen molar-refractivity contribution in [3.05, 3.63) is 11.6 Å². The number of ketones is 1. The summed E-state index contributed by atoms with van der Waals surface area (Å²) in [7, 11) is -4.14. The number of carbonyl (C=O) groups excluding carboxylic acids is 1. The lowest BCUT2D eigenvalue weighted by molar-refractivity contribution is -0.125. The Bertz CT molecular complexity index is 501. The van der Waals surface area contributed by atoms with Crippen LogP contribution in [-0.2, 0) is 14.9 Å². The van der Waals surface area contributed by atoms with Gasteiger partial charge in [-0.25, -0.2) is 0 Å². The second-order valence-electron chi connectivity index (χ2n) is 5.69. The van der Waals surface area contributed by atoms with E-state index in [1.54, 1.807) is 6.08 Å². The summed E-state index contributed by atoms with van der Waals surface area (Å²) in [6.07, 6.45) is 3.17. The summed E-state index contributed by atoms with van der Waals surface area (Å²) in [5.41, 5.74) is -0.570. The van der Waals surface area contributed by atoms with E-state index in [2.05, 4.69) is 0 Å². The van der Waals surface area contributed by atoms with Crippen molar-refractivity contribution in [1.82, 2.24) is 0 Å². The van der Waals surface area contributed by atoms with E-state index in [1.165, 1.54) is 0 Å². The van der Waals surface area contributed by atoms with Crippen molar-refractivity contribution in [3.63, 3.8) is 0 Å². The third-order valence-corrected chi connectivity index (χ3v) is 5.63. The molecule has 0 amide bonds. The predicted molar refractivity (Wildman–Crippen MR) is 64.1 cm³/mol. The number of allylic oxidation sites excluding steroid dienone is 2. The Kier molecular flexibility index (Phi) is 2.57. The summed E-state index contributed by atoms with van der Waals surface area (Å²) in [5.74, 6) is -0.403. The maximum absolute atomic E-state index is 12.4. The Balaban J connectivity index is 2.56. The summed E-state index contributed by atoms with van der Waals surface area (Å²) in [6.45, 7) is 5.68. The van der Waals surface area contributed by atoms with Crippen LogP contribution in [0.1, 0.15) is 33.6 Å². The normalized spacial score (nSPS) is 38.0. The standard InChI is InChI=1S/C12H18O4S/c1-4-8-9-5-6-12(10(8)13,11(9,2)3)7-17(14,15)16/h4,9H,5-7H2,1-3H3,(H,14,15,16)/b8-4+. The fraction of sp³-hybridized carbons (Fsp3) is 0.750. The summed E-state index contributed by atoms with van der Waals surface area (Å²) >= 11 is 0. The predicted octanol–water partition coefficient (Wildman–Crippen LogP) is 1.83. The molecule has 2 unspecified atom stereocenters. The van der Waals surface area contributed by atoms with Crippen molar-refractivity contribution >= 4 is 15.9 Å². The van der Waals surface area contributed by atoms with E-state index in [4.69, 9.17) is 4.55 Å². The van der Waals surface area contributed by atoms with E-state index in [0.717, 1.165) is 12.0 Å². The number of fused-ring (bicyclic) bond motifs is 2. The molecule has 2 atom stereocenters. The molecular formula is C12H18O4S. The molecule has 2 fully saturated rings. The summed E-state index contributed by atoms with van der Waals surface area (Å²) in [4.78, 5) is 12.4. The maximum atomic E-state index is 12.4. The van der Waals surface area contributed by atoms with Gasteiger partial charge in [-0.3, -0.25) is 9.35 Å². The van der Waals surface area contributed by atoms with E-state index < -0.39 is 21.3 Å². The van der Waals surface area contributed by atoms with Crippen molar-refractivity contribution in [2.75, 3.05) is 5.75 Å². The SMILES string of the molecule is C/C=C1/C(=O)C2(CS(=O)(=O)O)CCC1C2(C)C. The minimum Gasteiger partial charge on any atom is -0.294 e. The van der Waals surface area contributed by atoms with Gasteiger partial charge in [-0.2, -0.15) is 8.42 Å². The molecule has 2 bridgehead atoms. The molecule has 0 aromatic rings. The first-order valence-corrected chi connectivity index (χ1v) is 7.43. The molecule has 0 spiro atoms. The second-order valence-corrected chi connectivity index (χ2v) is 7.15. The highest BCUT2D eigenvalue weighted by Gasteiger charge is 2.67. The van der Waals surface area contributed by atoms with Crippen molar-refractivity contribution in [1.29, 1.82) is 0 Å². The molecule has 1 N–H and O–H groups in total. The molecule has 0 radical (unpaired) electrons. The van der Waals surface area contributed by atoms with Gasteiger partial charge in [0.2, 0.25) is 0 Å². The molecule has 2 rings (SSSR count). The third-order valence-electron chi connectivity index (χ3n) is 4.78. The highest BCUT2D eigenvalue weighted by Crippen LogP contribution is 2.66. The molecule has 0 saturated heterocycles. The summed E-state index contributed by atoms with van der Waals surface area (Å²) in [5, 5.41) is 0. The van der Waals surface area contributed by atoms with E-state index in [-0.39, 0.29) is 17.1 Å². The Morgan fingerprint density at radius 3 is 2.47 bits per heavy atom. The molecule has 96 valence electrons. The van der Waals surface area contributed by atoms with E-state index >= 15 is 0 Å². The van der Waals surface area contributed by atoms with Crippen LogP contribution < -0.4 is 0 Å². The van der Waals surface area contributed by atoms with E-state index in [1.807, 2.05) is 20.8 Å². The highest BCUT2D eigenvalue weighted by atomic mass is 32.2. The number of rotatable bonds is 2. The van der Waals surface area contributed by atoms with Crippen LogP contribution in [0.5, 0.6) is 0 Å². The lowest BCUT2D eigenvalue weighted by Gasteiger charge is -2.34. The van der Waals surface area contributed by atoms with Gasteiger partial charge in [0.1, 0.15) is 0 Å². The van der Waals surface area contributed by atoms with Crippen molar-refractivity contribution in [2.24, 2.45) is 16.7 Å². The molecule has 2 aliphatic rings. The van der Waals surface area contributed by atoms with Gasteiger partial charge in [0.05, 0.1) is 11.2 Å². The van der Waals surface area contributed by atoms with Crippen molar-refractivity contribution in [2.45, 2.75) is 33.6 Å². The van der Waals surface area contributed by atoms with E-state index in [0.29, 0.717) is 6.42 Å². The van der Waals surface area contributed by atoms with Crippen LogP contribution in [0.3, 0.4) is 0 Å². The zero-order valence-electron chi connectivity index (χ0n) is 10.4. The monoisotopic (exact) mass is 258 g/mol. The van der Waals surface area contributed by atoms with Gasteiger partial charge >= 0.3 is 0 Å². The minimum absolute atomic E-state index is 0.0844. The van der Waals surface area contributed by atoms with Crippen LogP contribution in [0.4, 0.5) is 0 Å². The topological polar surface area (TPSA) is 71.4 Å². The number of Topliss-reactive ketones (excluding diaryl/α,β-unsaturated/α-hetero) is 1. The number of carbonyl (C=O) groups is 1. The molecule has 0 aromatic carbocycles. The third kappa shape index (κ3) is 1.52. The molecule has 17 heavy (non-hydrogen) atoms. The molecule has 2 saturated carbocycles. The second kappa shape index (κ2) is 3.42. The maximum Gasteiger partial charge on any atom is 0.265 e. The van der Waals surface area contributed by atoms with Crippen LogP contribution in [0.15, 0.2) is 11.6 Å². The van der Waals surface area contributed by atoms with Gasteiger partial charge in [-0.05, 0) is 36.7 Å². The van der Waals surface area contributed by atoms with Gasteiger partial charge in [0.25, 0.3) is 10.1 Å². The largest absolute Gasteiger partial charge is 0.294 e. The van der Waals surface area contributed by atoms with Crippen molar-refractivity contribution in [3.8, 4) is 0 Å². The molecule has 0 heterocycles. The quantitative estimate of drug-likeness (QED) is 0.606. The van der Waals surface area contributed by atoms with Crippen LogP contribution in [0, 0.1) is 16.7 Å². The van der Waals surface area contributed by atoms with Gasteiger partial charge in [0.15, 0.2) is 5.78 Å². The minimum atomic E-state index is -4.14. The first-order valence-electron chi connectivity index (χ1n) is 5.82. The van der Waals surface area contributed by atoms with Crippen LogP contribution in [0.25, 0.3) is 0 Å². The Labute approximate surface area is 102 Å². The van der Waals surface area contributed by atoms with Crippen LogP contribution >= 0.6 is 0 Å². The van der Waals surface area contributed by atoms with Gasteiger partial charge in [-0.1, -0.05) is 19.9 Å². The Morgan fingerprint density at radius 2 is 2.06 bits per heavy atom. The highest BCUT2D eigenvalue weighted by molar-refractivity contribution is 7.85. The molecule has 0 aromatic heterocycles. The zero-order chi connectivity index (χ0) is 13.1. The van der Waals surface area contributed by atoms with Gasteiger partial charge in [0, 0.05) is 0 Å². The molecule has 4 nitrogen and oxygen atoms in total. The fourth-order valence-corrected chi connectivity index (χ4v) is 5.03. The van der Waals surface area contributed by atoms with E-state index in [9.17, 15) is 13.2 Å². The smallest absolute Gasteiger partial charge is 0.265 e. The van der Waals surface area contributed by atoms with Crippen LogP contribution in [0.2, 0.25) is 0 Å². The average Bonchev–Trinajstić information content (AvgIpc) is 2.47. The Morgan fingerprint density at radius 1 is 1.47 bits per heavy atom. The molecule has 2 aliphatic carbocycles. The zero-order valence-corrected chi connectivity index (χ0v) is 11.2. The first kappa shape index (κ1) is 12.8. The van der Waals surface area contributed by atoms with Gasteiger partial charge in [-0.15, -0.1) is 0 Å². The summed E-state index contributed by atoms with van der Waals surface area (Å²) in [6, 6.07) is 0. The van der Waals surface area contributed by atoms with Gasteiger partial charge < -0.3 is 0 Å². The molecular weight excluding hydrogens is 240 g/mol. The van der Waals surface area contributed by atoms with Crippen molar-refractivity contribution < 1.29 is 17.8 Å². The van der Waals surface area contributed by atoms with Crippen LogP contribution in [-0.4, -0.2) is 24.5 Å². The fourth-order valence-electron chi connectivity index (χ4n) is 3.76. The molecule has 0 aliphatic heterocycles. The summed E-state index contributed by atoms with van der Waals surface area (Å²) < 4.78 is 31.5. The number of hydrogen-bond donors (Lipinski definition) is 1. The first-order chi connectivity index (χ1) is 7.66. The lowest BCUT2D eigenvalue weighted by atomic mass is 9.70. The Hall–Kier alpha value is -0.680. The molecule has 5 heteroatoms. The average molecular weight is 258 g/mol. The number of hydrogen-bond acceptors (Lipinski definition) is 3.